The van der Waals surface area contributed by atoms with Gasteiger partial charge in [-0.3, -0.25) is 0 Å². The van der Waals surface area contributed by atoms with Gasteiger partial charge in [-0.2, -0.15) is 0 Å². The van der Waals surface area contributed by atoms with Gasteiger partial charge in [-0.05, 0) is 74.4 Å². The number of benzene rings is 1. The molecule has 122 valence electrons. The second kappa shape index (κ2) is 7.25. The average molecular weight is 437 g/mol. The fourth-order valence-electron chi connectivity index (χ4n) is 2.47. The Bertz CT molecular complexity index is 545. The molecule has 0 bridgehead atoms. The summed E-state index contributed by atoms with van der Waals surface area (Å²) in [5.41, 5.74) is 0.440. The van der Waals surface area contributed by atoms with Gasteiger partial charge in [0.2, 0.25) is 0 Å². The highest BCUT2D eigenvalue weighted by Crippen LogP contribution is 2.26. The molecule has 2 rings (SSSR count). The van der Waals surface area contributed by atoms with Crippen LogP contribution in [-0.4, -0.2) is 35.7 Å². The van der Waals surface area contributed by atoms with Crippen molar-refractivity contribution in [3.05, 3.63) is 26.8 Å². The standard InChI is InChI=1S/C16H22ClIN2O2/c1-16(2,3)22-15(21)20-8-4-5-12(20)10-19-14-7-6-11(18)9-13(14)17/h6-7,9,12,19H,4-5,8,10H2,1-3H3. The van der Waals surface area contributed by atoms with Crippen LogP contribution in [0.5, 0.6) is 0 Å². The van der Waals surface area contributed by atoms with Gasteiger partial charge in [0.05, 0.1) is 16.8 Å². The summed E-state index contributed by atoms with van der Waals surface area (Å²) in [6.45, 7) is 7.10. The summed E-state index contributed by atoms with van der Waals surface area (Å²) in [5.74, 6) is 0. The molecule has 1 saturated heterocycles. The third-order valence-corrected chi connectivity index (χ3v) is 4.45. The number of nitrogens with one attached hydrogen (secondary N) is 1. The van der Waals surface area contributed by atoms with Crippen molar-refractivity contribution >= 4 is 46.0 Å². The van der Waals surface area contributed by atoms with Crippen molar-refractivity contribution in [3.8, 4) is 0 Å². The third-order valence-electron chi connectivity index (χ3n) is 3.46. The van der Waals surface area contributed by atoms with Crippen molar-refractivity contribution in [1.82, 2.24) is 4.90 Å². The van der Waals surface area contributed by atoms with E-state index in [9.17, 15) is 4.79 Å². The minimum atomic E-state index is -0.461. The molecule has 1 aromatic rings. The highest BCUT2D eigenvalue weighted by atomic mass is 127. The summed E-state index contributed by atoms with van der Waals surface area (Å²) in [6, 6.07) is 6.04. The van der Waals surface area contributed by atoms with E-state index in [0.29, 0.717) is 11.6 Å². The number of ether oxygens (including phenoxy) is 1. The van der Waals surface area contributed by atoms with E-state index in [1.807, 2.05) is 43.9 Å². The lowest BCUT2D eigenvalue weighted by atomic mass is 10.2. The van der Waals surface area contributed by atoms with Crippen molar-refractivity contribution in [3.63, 3.8) is 0 Å². The first-order chi connectivity index (χ1) is 10.3. The Morgan fingerprint density at radius 3 is 2.86 bits per heavy atom. The molecule has 1 unspecified atom stereocenters. The molecule has 0 radical (unpaired) electrons. The van der Waals surface area contributed by atoms with Crippen LogP contribution in [0.4, 0.5) is 10.5 Å². The number of amides is 1. The Labute approximate surface area is 150 Å². The quantitative estimate of drug-likeness (QED) is 0.695. The van der Waals surface area contributed by atoms with Gasteiger partial charge in [0.25, 0.3) is 0 Å². The zero-order valence-corrected chi connectivity index (χ0v) is 16.1. The fourth-order valence-corrected chi connectivity index (χ4v) is 3.39. The van der Waals surface area contributed by atoms with Gasteiger partial charge in [-0.25, -0.2) is 4.79 Å². The lowest BCUT2D eigenvalue weighted by Gasteiger charge is -2.29. The zero-order valence-electron chi connectivity index (χ0n) is 13.2. The minimum Gasteiger partial charge on any atom is -0.444 e. The van der Waals surface area contributed by atoms with Crippen LogP contribution in [-0.2, 0) is 4.74 Å². The predicted octanol–water partition coefficient (Wildman–Crippen LogP) is 4.76. The second-order valence-corrected chi connectivity index (χ2v) is 8.13. The molecule has 1 aliphatic rings. The van der Waals surface area contributed by atoms with E-state index in [2.05, 4.69) is 27.9 Å². The van der Waals surface area contributed by atoms with E-state index in [-0.39, 0.29) is 12.1 Å². The van der Waals surface area contributed by atoms with E-state index in [1.54, 1.807) is 0 Å². The number of nitrogens with zero attached hydrogens (tertiary/aromatic N) is 1. The smallest absolute Gasteiger partial charge is 0.410 e. The molecule has 0 aromatic heterocycles. The van der Waals surface area contributed by atoms with Crippen LogP contribution >= 0.6 is 34.2 Å². The summed E-state index contributed by atoms with van der Waals surface area (Å²) >= 11 is 8.46. The van der Waals surface area contributed by atoms with Gasteiger partial charge in [0, 0.05) is 16.7 Å². The maximum atomic E-state index is 12.2. The fraction of sp³-hybridized carbons (Fsp3) is 0.562. The van der Waals surface area contributed by atoms with E-state index in [0.717, 1.165) is 28.6 Å². The Hall–Kier alpha value is -0.690. The first-order valence-electron chi connectivity index (χ1n) is 7.45. The number of halogens is 2. The number of hydrogen-bond acceptors (Lipinski definition) is 3. The lowest BCUT2D eigenvalue weighted by Crippen LogP contribution is -2.42. The molecule has 0 saturated carbocycles. The number of hydrogen-bond donors (Lipinski definition) is 1. The molecule has 0 spiro atoms. The van der Waals surface area contributed by atoms with Crippen molar-refractivity contribution in [2.24, 2.45) is 0 Å². The molecule has 1 N–H and O–H groups in total. The normalized spacial score (nSPS) is 18.4. The highest BCUT2D eigenvalue weighted by Gasteiger charge is 2.31. The lowest BCUT2D eigenvalue weighted by molar-refractivity contribution is 0.0235. The van der Waals surface area contributed by atoms with Gasteiger partial charge in [-0.15, -0.1) is 0 Å². The Balaban J connectivity index is 1.95. The summed E-state index contributed by atoms with van der Waals surface area (Å²) in [4.78, 5) is 14.1. The molecule has 1 atom stereocenters. The Morgan fingerprint density at radius 2 is 2.23 bits per heavy atom. The first kappa shape index (κ1) is 17.7. The molecule has 1 heterocycles. The first-order valence-corrected chi connectivity index (χ1v) is 8.90. The van der Waals surface area contributed by atoms with Gasteiger partial charge in [0.15, 0.2) is 0 Å². The van der Waals surface area contributed by atoms with Crippen LogP contribution in [0.15, 0.2) is 18.2 Å². The summed E-state index contributed by atoms with van der Waals surface area (Å²) < 4.78 is 6.58. The molecule has 1 aliphatic heterocycles. The number of anilines is 1. The van der Waals surface area contributed by atoms with E-state index in [1.165, 1.54) is 0 Å². The van der Waals surface area contributed by atoms with Crippen LogP contribution in [0, 0.1) is 3.57 Å². The van der Waals surface area contributed by atoms with Crippen LogP contribution in [0.2, 0.25) is 5.02 Å². The molecule has 1 aromatic carbocycles. The molecule has 4 nitrogen and oxygen atoms in total. The topological polar surface area (TPSA) is 41.6 Å². The van der Waals surface area contributed by atoms with Crippen molar-refractivity contribution in [1.29, 1.82) is 0 Å². The third kappa shape index (κ3) is 4.91. The molecule has 0 aliphatic carbocycles. The number of likely N-dealkylation sites (tertiary alicyclic amines) is 1. The summed E-state index contributed by atoms with van der Waals surface area (Å²) in [5, 5.41) is 4.05. The van der Waals surface area contributed by atoms with Crippen molar-refractivity contribution in [2.75, 3.05) is 18.4 Å². The SMILES string of the molecule is CC(C)(C)OC(=O)N1CCCC1CNc1ccc(I)cc1Cl. The van der Waals surface area contributed by atoms with Crippen molar-refractivity contribution in [2.45, 2.75) is 45.3 Å². The zero-order chi connectivity index (χ0) is 16.3. The van der Waals surface area contributed by atoms with Gasteiger partial charge in [0.1, 0.15) is 5.60 Å². The van der Waals surface area contributed by atoms with Gasteiger partial charge in [-0.1, -0.05) is 11.6 Å². The molecule has 1 fully saturated rings. The molecular weight excluding hydrogens is 415 g/mol. The number of carbonyl (C=O) groups excluding carboxylic acids is 1. The van der Waals surface area contributed by atoms with E-state index in [4.69, 9.17) is 16.3 Å². The van der Waals surface area contributed by atoms with Gasteiger partial charge < -0.3 is 15.0 Å². The molecular formula is C16H22ClIN2O2. The van der Waals surface area contributed by atoms with Crippen LogP contribution in [0.25, 0.3) is 0 Å². The molecule has 1 amide bonds. The van der Waals surface area contributed by atoms with E-state index < -0.39 is 5.60 Å². The Kier molecular flexibility index (Phi) is 5.82. The highest BCUT2D eigenvalue weighted by molar-refractivity contribution is 14.1. The molecule has 6 heteroatoms. The summed E-state index contributed by atoms with van der Waals surface area (Å²) in [7, 11) is 0. The largest absolute Gasteiger partial charge is 0.444 e. The maximum Gasteiger partial charge on any atom is 0.410 e. The Morgan fingerprint density at radius 1 is 1.50 bits per heavy atom. The molecule has 22 heavy (non-hydrogen) atoms. The number of rotatable bonds is 3. The minimum absolute atomic E-state index is 0.144. The van der Waals surface area contributed by atoms with E-state index >= 15 is 0 Å². The van der Waals surface area contributed by atoms with Crippen LogP contribution in [0.3, 0.4) is 0 Å². The van der Waals surface area contributed by atoms with Crippen LogP contribution < -0.4 is 5.32 Å². The number of carbonyl (C=O) groups is 1. The van der Waals surface area contributed by atoms with Crippen molar-refractivity contribution < 1.29 is 9.53 Å². The van der Waals surface area contributed by atoms with Gasteiger partial charge >= 0.3 is 6.09 Å². The average Bonchev–Trinajstić information content (AvgIpc) is 2.84. The monoisotopic (exact) mass is 436 g/mol. The van der Waals surface area contributed by atoms with Crippen LogP contribution in [0.1, 0.15) is 33.6 Å². The predicted molar refractivity (Wildman–Crippen MR) is 98.6 cm³/mol. The second-order valence-electron chi connectivity index (χ2n) is 6.47. The maximum absolute atomic E-state index is 12.2. The summed E-state index contributed by atoms with van der Waals surface area (Å²) in [6.07, 6.45) is 1.76.